The number of nitrogens with zero attached hydrogens (tertiary/aromatic N) is 5. The lowest BCUT2D eigenvalue weighted by atomic mass is 10.1. The van der Waals surface area contributed by atoms with Crippen LogP contribution in [-0.4, -0.2) is 31.5 Å². The van der Waals surface area contributed by atoms with Crippen LogP contribution >= 0.6 is 34.5 Å². The fourth-order valence-electron chi connectivity index (χ4n) is 3.80. The first kappa shape index (κ1) is 26.0. The van der Waals surface area contributed by atoms with E-state index in [-0.39, 0.29) is 6.10 Å². The van der Waals surface area contributed by atoms with Crippen LogP contribution in [0, 0.1) is 0 Å². The molecule has 5 aromatic rings. The summed E-state index contributed by atoms with van der Waals surface area (Å²) >= 11 is 15.1. The molecule has 1 unspecified atom stereocenters. The summed E-state index contributed by atoms with van der Waals surface area (Å²) in [5, 5.41) is 4.97. The molecular weight excluding hydrogens is 539 g/mol. The van der Waals surface area contributed by atoms with E-state index in [4.69, 9.17) is 37.9 Å². The fraction of sp³-hybridized carbons (Fsp3) is 0.179. The van der Waals surface area contributed by atoms with Crippen LogP contribution in [0.4, 0.5) is 5.13 Å². The predicted octanol–water partition coefficient (Wildman–Crippen LogP) is 7.99. The maximum atomic E-state index is 6.78. The summed E-state index contributed by atoms with van der Waals surface area (Å²) in [4.78, 5) is 23.4. The Labute approximate surface area is 234 Å². The molecule has 0 fully saturated rings. The summed E-state index contributed by atoms with van der Waals surface area (Å²) in [5.74, 6) is 0.977. The molecule has 0 aliphatic rings. The molecular formula is C28H24Cl2N6OS. The van der Waals surface area contributed by atoms with Gasteiger partial charge < -0.3 is 10.1 Å². The highest BCUT2D eigenvalue weighted by molar-refractivity contribution is 7.18. The maximum absolute atomic E-state index is 6.78. The van der Waals surface area contributed by atoms with E-state index < -0.39 is 0 Å². The standard InChI is InChI=1S/C28H24Cl2N6OS/c1-3-9-33-28-34-16-25(38-28)22-14-23(36-27(35-22)24-15-31-10-11-32-24)26-20(29)12-19(13-21(26)30)37-17(2)18-7-5-4-6-8-18/h4-8,10-17H,3,9H2,1-2H3,(H,33,34). The Morgan fingerprint density at radius 1 is 0.921 bits per heavy atom. The van der Waals surface area contributed by atoms with Gasteiger partial charge in [-0.15, -0.1) is 0 Å². The van der Waals surface area contributed by atoms with Crippen LogP contribution in [0.5, 0.6) is 5.75 Å². The number of halogens is 2. The minimum Gasteiger partial charge on any atom is -0.486 e. The second-order valence-electron chi connectivity index (χ2n) is 8.44. The summed E-state index contributed by atoms with van der Waals surface area (Å²) in [6.07, 6.45) is 7.45. The van der Waals surface area contributed by atoms with Crippen molar-refractivity contribution in [2.75, 3.05) is 11.9 Å². The zero-order valence-corrected chi connectivity index (χ0v) is 23.1. The minimum absolute atomic E-state index is 0.176. The monoisotopic (exact) mass is 562 g/mol. The Balaban J connectivity index is 1.54. The van der Waals surface area contributed by atoms with Crippen LogP contribution in [0.3, 0.4) is 0 Å². The number of hydrogen-bond donors (Lipinski definition) is 1. The number of anilines is 1. The molecule has 0 spiro atoms. The van der Waals surface area contributed by atoms with Crippen LogP contribution in [0.15, 0.2) is 73.3 Å². The molecule has 3 heterocycles. The van der Waals surface area contributed by atoms with Gasteiger partial charge in [0.2, 0.25) is 0 Å². The summed E-state index contributed by atoms with van der Waals surface area (Å²) in [6.45, 7) is 4.93. The average Bonchev–Trinajstić information content (AvgIpc) is 3.41. The van der Waals surface area contributed by atoms with E-state index in [9.17, 15) is 0 Å². The molecule has 1 N–H and O–H groups in total. The van der Waals surface area contributed by atoms with Crippen molar-refractivity contribution < 1.29 is 4.74 Å². The molecule has 10 heteroatoms. The zero-order valence-electron chi connectivity index (χ0n) is 20.7. The fourth-order valence-corrected chi connectivity index (χ4v) is 5.26. The number of nitrogens with one attached hydrogen (secondary N) is 1. The minimum atomic E-state index is -0.176. The van der Waals surface area contributed by atoms with Crippen LogP contribution in [-0.2, 0) is 0 Å². The summed E-state index contributed by atoms with van der Waals surface area (Å²) in [7, 11) is 0. The Kier molecular flexibility index (Phi) is 8.12. The molecule has 1 atom stereocenters. The molecule has 0 saturated carbocycles. The van der Waals surface area contributed by atoms with E-state index in [1.807, 2.05) is 43.3 Å². The Morgan fingerprint density at radius 2 is 1.68 bits per heavy atom. The molecule has 192 valence electrons. The van der Waals surface area contributed by atoms with E-state index in [1.54, 1.807) is 36.9 Å². The average molecular weight is 564 g/mol. The van der Waals surface area contributed by atoms with Crippen molar-refractivity contribution in [3.63, 3.8) is 0 Å². The van der Waals surface area contributed by atoms with E-state index in [0.29, 0.717) is 44.3 Å². The number of thiazole rings is 1. The van der Waals surface area contributed by atoms with Crippen molar-refractivity contribution in [1.29, 1.82) is 0 Å². The molecule has 0 saturated heterocycles. The highest BCUT2D eigenvalue weighted by Crippen LogP contribution is 2.40. The van der Waals surface area contributed by atoms with Gasteiger partial charge in [-0.3, -0.25) is 4.98 Å². The number of ether oxygens (including phenoxy) is 1. The highest BCUT2D eigenvalue weighted by Gasteiger charge is 2.19. The Hall–Kier alpha value is -3.59. The third kappa shape index (κ3) is 5.93. The lowest BCUT2D eigenvalue weighted by molar-refractivity contribution is 0.227. The molecule has 2 aromatic carbocycles. The van der Waals surface area contributed by atoms with Gasteiger partial charge in [-0.05, 0) is 37.1 Å². The highest BCUT2D eigenvalue weighted by atomic mass is 35.5. The van der Waals surface area contributed by atoms with E-state index in [0.717, 1.165) is 28.5 Å². The van der Waals surface area contributed by atoms with Crippen LogP contribution < -0.4 is 10.1 Å². The predicted molar refractivity (Wildman–Crippen MR) is 154 cm³/mol. The van der Waals surface area contributed by atoms with Crippen molar-refractivity contribution in [3.8, 4) is 39.1 Å². The maximum Gasteiger partial charge on any atom is 0.183 e. The van der Waals surface area contributed by atoms with E-state index in [1.165, 1.54) is 11.3 Å². The van der Waals surface area contributed by atoms with Gasteiger partial charge in [-0.25, -0.2) is 19.9 Å². The number of aromatic nitrogens is 5. The topological polar surface area (TPSA) is 85.7 Å². The molecule has 0 bridgehead atoms. The smallest absolute Gasteiger partial charge is 0.183 e. The van der Waals surface area contributed by atoms with Gasteiger partial charge in [0.15, 0.2) is 11.0 Å². The molecule has 3 aromatic heterocycles. The van der Waals surface area contributed by atoms with Gasteiger partial charge in [0, 0.05) is 30.7 Å². The molecule has 0 amide bonds. The first-order valence-corrected chi connectivity index (χ1v) is 13.7. The third-order valence-electron chi connectivity index (χ3n) is 5.66. The number of rotatable bonds is 9. The summed E-state index contributed by atoms with van der Waals surface area (Å²) < 4.78 is 6.14. The van der Waals surface area contributed by atoms with Gasteiger partial charge >= 0.3 is 0 Å². The normalized spacial score (nSPS) is 11.8. The van der Waals surface area contributed by atoms with Gasteiger partial charge in [0.1, 0.15) is 17.5 Å². The second kappa shape index (κ2) is 11.9. The van der Waals surface area contributed by atoms with E-state index in [2.05, 4.69) is 27.2 Å². The van der Waals surface area contributed by atoms with Crippen molar-refractivity contribution in [1.82, 2.24) is 24.9 Å². The molecule has 0 radical (unpaired) electrons. The summed E-state index contributed by atoms with van der Waals surface area (Å²) in [6, 6.07) is 15.3. The van der Waals surface area contributed by atoms with Crippen molar-refractivity contribution in [3.05, 3.63) is 88.9 Å². The molecule has 5 rings (SSSR count). The van der Waals surface area contributed by atoms with Crippen molar-refractivity contribution in [2.45, 2.75) is 26.4 Å². The van der Waals surface area contributed by atoms with Crippen molar-refractivity contribution >= 4 is 39.7 Å². The molecule has 0 aliphatic carbocycles. The first-order chi connectivity index (χ1) is 18.5. The Morgan fingerprint density at radius 3 is 2.39 bits per heavy atom. The lowest BCUT2D eigenvalue weighted by Gasteiger charge is -2.17. The first-order valence-electron chi connectivity index (χ1n) is 12.1. The molecule has 38 heavy (non-hydrogen) atoms. The van der Waals surface area contributed by atoms with Gasteiger partial charge in [0.25, 0.3) is 0 Å². The zero-order chi connectivity index (χ0) is 26.5. The number of benzene rings is 2. The second-order valence-corrected chi connectivity index (χ2v) is 10.3. The molecule has 7 nitrogen and oxygen atoms in total. The quantitative estimate of drug-likeness (QED) is 0.195. The SMILES string of the molecule is CCCNc1ncc(-c2cc(-c3c(Cl)cc(OC(C)c4ccccc4)cc3Cl)nc(-c3cnccn3)n2)s1. The largest absolute Gasteiger partial charge is 0.486 e. The Bertz CT molecular complexity index is 1510. The lowest BCUT2D eigenvalue weighted by Crippen LogP contribution is -2.03. The van der Waals surface area contributed by atoms with Gasteiger partial charge in [-0.2, -0.15) is 0 Å². The van der Waals surface area contributed by atoms with Gasteiger partial charge in [0.05, 0.1) is 32.5 Å². The van der Waals surface area contributed by atoms with Gasteiger partial charge in [-0.1, -0.05) is 71.8 Å². The van der Waals surface area contributed by atoms with Crippen LogP contribution in [0.25, 0.3) is 33.3 Å². The van der Waals surface area contributed by atoms with Crippen LogP contribution in [0.1, 0.15) is 31.9 Å². The van der Waals surface area contributed by atoms with Crippen LogP contribution in [0.2, 0.25) is 10.0 Å². The summed E-state index contributed by atoms with van der Waals surface area (Å²) in [5.41, 5.74) is 3.41. The molecule has 0 aliphatic heterocycles. The number of hydrogen-bond acceptors (Lipinski definition) is 8. The third-order valence-corrected chi connectivity index (χ3v) is 7.23. The van der Waals surface area contributed by atoms with Crippen molar-refractivity contribution in [2.24, 2.45) is 0 Å². The van der Waals surface area contributed by atoms with E-state index >= 15 is 0 Å².